The number of carbonyl (C=O) groups excluding carboxylic acids is 1. The van der Waals surface area contributed by atoms with Crippen LogP contribution >= 0.6 is 0 Å². The molecular formula is C12H15F3N2O. The van der Waals surface area contributed by atoms with Crippen LogP contribution < -0.4 is 11.1 Å². The summed E-state index contributed by atoms with van der Waals surface area (Å²) in [5.74, 6) is -0.486. The van der Waals surface area contributed by atoms with Crippen LogP contribution in [0.5, 0.6) is 0 Å². The highest BCUT2D eigenvalue weighted by Gasteiger charge is 2.31. The van der Waals surface area contributed by atoms with E-state index < -0.39 is 23.7 Å². The summed E-state index contributed by atoms with van der Waals surface area (Å²) in [4.78, 5) is 11.5. The molecule has 18 heavy (non-hydrogen) atoms. The first-order valence-corrected chi connectivity index (χ1v) is 5.50. The minimum Gasteiger partial charge on any atom is -0.324 e. The molecule has 0 unspecified atom stereocenters. The van der Waals surface area contributed by atoms with Gasteiger partial charge in [0.15, 0.2) is 0 Å². The second kappa shape index (κ2) is 5.39. The maximum atomic E-state index is 12.5. The van der Waals surface area contributed by atoms with Gasteiger partial charge in [-0.1, -0.05) is 13.0 Å². The normalized spacial score (nSPS) is 13.2. The lowest BCUT2D eigenvalue weighted by Crippen LogP contribution is -2.35. The van der Waals surface area contributed by atoms with Crippen LogP contribution in [0.1, 0.15) is 24.5 Å². The van der Waals surface area contributed by atoms with E-state index in [-0.39, 0.29) is 5.69 Å². The molecule has 0 saturated carbocycles. The number of halogens is 3. The van der Waals surface area contributed by atoms with Crippen molar-refractivity contribution in [1.29, 1.82) is 0 Å². The van der Waals surface area contributed by atoms with E-state index in [4.69, 9.17) is 5.73 Å². The van der Waals surface area contributed by atoms with E-state index in [2.05, 4.69) is 5.32 Å². The Hall–Kier alpha value is -1.56. The first kappa shape index (κ1) is 14.5. The third-order valence-corrected chi connectivity index (χ3v) is 2.60. The van der Waals surface area contributed by atoms with Crippen molar-refractivity contribution in [3.63, 3.8) is 0 Å². The molecule has 0 aliphatic carbocycles. The Balaban J connectivity index is 2.99. The molecule has 100 valence electrons. The first-order chi connectivity index (χ1) is 8.25. The van der Waals surface area contributed by atoms with Crippen molar-refractivity contribution in [2.45, 2.75) is 32.5 Å². The molecule has 0 aromatic heterocycles. The Kier molecular flexibility index (Phi) is 4.34. The predicted molar refractivity (Wildman–Crippen MR) is 63.1 cm³/mol. The SMILES string of the molecule is CC[C@@H](N)C(=O)Nc1cc(C(F)(F)F)ccc1C. The standard InChI is InChI=1S/C12H15F3N2O/c1-3-9(16)11(18)17-10-6-8(12(13,14)15)5-4-7(10)2/h4-6,9H,3,16H2,1-2H3,(H,17,18)/t9-/m1/s1. The van der Waals surface area contributed by atoms with Gasteiger partial charge < -0.3 is 11.1 Å². The number of nitrogens with two attached hydrogens (primary N) is 1. The van der Waals surface area contributed by atoms with Gasteiger partial charge in [-0.15, -0.1) is 0 Å². The summed E-state index contributed by atoms with van der Waals surface area (Å²) in [5.41, 5.74) is 5.40. The Morgan fingerprint density at radius 3 is 2.56 bits per heavy atom. The molecule has 0 heterocycles. The molecule has 6 heteroatoms. The molecule has 1 aromatic rings. The number of rotatable bonds is 3. The second-order valence-electron chi connectivity index (χ2n) is 4.03. The second-order valence-corrected chi connectivity index (χ2v) is 4.03. The van der Waals surface area contributed by atoms with E-state index in [1.165, 1.54) is 6.07 Å². The minimum atomic E-state index is -4.43. The zero-order chi connectivity index (χ0) is 13.9. The van der Waals surface area contributed by atoms with Crippen LogP contribution in [0.15, 0.2) is 18.2 Å². The van der Waals surface area contributed by atoms with Crippen molar-refractivity contribution in [1.82, 2.24) is 0 Å². The van der Waals surface area contributed by atoms with Crippen molar-refractivity contribution in [3.8, 4) is 0 Å². The lowest BCUT2D eigenvalue weighted by atomic mass is 10.1. The highest BCUT2D eigenvalue weighted by atomic mass is 19.4. The summed E-state index contributed by atoms with van der Waals surface area (Å²) in [7, 11) is 0. The molecule has 0 spiro atoms. The molecule has 1 amide bonds. The maximum absolute atomic E-state index is 12.5. The Labute approximate surface area is 103 Å². The summed E-state index contributed by atoms with van der Waals surface area (Å²) in [6.07, 6.45) is -4.01. The summed E-state index contributed by atoms with van der Waals surface area (Å²) in [6, 6.07) is 2.48. The highest BCUT2D eigenvalue weighted by Crippen LogP contribution is 2.32. The number of benzene rings is 1. The van der Waals surface area contributed by atoms with E-state index in [0.717, 1.165) is 12.1 Å². The van der Waals surface area contributed by atoms with Crippen LogP contribution in [0.2, 0.25) is 0 Å². The molecule has 0 aliphatic heterocycles. The number of amides is 1. The van der Waals surface area contributed by atoms with Crippen molar-refractivity contribution in [2.75, 3.05) is 5.32 Å². The van der Waals surface area contributed by atoms with Crippen molar-refractivity contribution < 1.29 is 18.0 Å². The van der Waals surface area contributed by atoms with Gasteiger partial charge in [0.1, 0.15) is 0 Å². The number of nitrogens with one attached hydrogen (secondary N) is 1. The van der Waals surface area contributed by atoms with Gasteiger partial charge in [0.25, 0.3) is 0 Å². The van der Waals surface area contributed by atoms with Crippen LogP contribution in [0.25, 0.3) is 0 Å². The quantitative estimate of drug-likeness (QED) is 0.877. The number of carbonyl (C=O) groups is 1. The van der Waals surface area contributed by atoms with Gasteiger partial charge in [0.05, 0.1) is 11.6 Å². The van der Waals surface area contributed by atoms with Crippen LogP contribution in [-0.4, -0.2) is 11.9 Å². The number of hydrogen-bond acceptors (Lipinski definition) is 2. The molecular weight excluding hydrogens is 245 g/mol. The van der Waals surface area contributed by atoms with Gasteiger partial charge in [0.2, 0.25) is 5.91 Å². The molecule has 0 aliphatic rings. The van der Waals surface area contributed by atoms with Gasteiger partial charge in [-0.05, 0) is 31.0 Å². The van der Waals surface area contributed by atoms with Crippen molar-refractivity contribution in [2.24, 2.45) is 5.73 Å². The van der Waals surface area contributed by atoms with Gasteiger partial charge in [0, 0.05) is 5.69 Å². The lowest BCUT2D eigenvalue weighted by Gasteiger charge is -2.14. The third-order valence-electron chi connectivity index (χ3n) is 2.60. The molecule has 1 aromatic carbocycles. The largest absolute Gasteiger partial charge is 0.416 e. The summed E-state index contributed by atoms with van der Waals surface area (Å²) in [6.45, 7) is 3.34. The monoisotopic (exact) mass is 260 g/mol. The number of alkyl halides is 3. The van der Waals surface area contributed by atoms with Crippen LogP contribution in [-0.2, 0) is 11.0 Å². The van der Waals surface area contributed by atoms with E-state index >= 15 is 0 Å². The van der Waals surface area contributed by atoms with E-state index in [0.29, 0.717) is 12.0 Å². The van der Waals surface area contributed by atoms with Crippen LogP contribution in [0.3, 0.4) is 0 Å². The first-order valence-electron chi connectivity index (χ1n) is 5.50. The molecule has 3 N–H and O–H groups in total. The van der Waals surface area contributed by atoms with E-state index in [9.17, 15) is 18.0 Å². The van der Waals surface area contributed by atoms with E-state index in [1.54, 1.807) is 13.8 Å². The van der Waals surface area contributed by atoms with Gasteiger partial charge in [-0.25, -0.2) is 0 Å². The molecule has 0 bridgehead atoms. The predicted octanol–water partition coefficient (Wildman–Crippen LogP) is 2.69. The Morgan fingerprint density at radius 2 is 2.06 bits per heavy atom. The molecule has 1 rings (SSSR count). The van der Waals surface area contributed by atoms with Crippen LogP contribution in [0, 0.1) is 6.92 Å². The van der Waals surface area contributed by atoms with Crippen molar-refractivity contribution in [3.05, 3.63) is 29.3 Å². The summed E-state index contributed by atoms with van der Waals surface area (Å²) in [5, 5.41) is 2.41. The molecule has 1 atom stereocenters. The average Bonchev–Trinajstić information content (AvgIpc) is 2.29. The zero-order valence-corrected chi connectivity index (χ0v) is 10.1. The van der Waals surface area contributed by atoms with Crippen molar-refractivity contribution >= 4 is 11.6 Å². The Morgan fingerprint density at radius 1 is 1.44 bits per heavy atom. The van der Waals surface area contributed by atoms with Crippen LogP contribution in [0.4, 0.5) is 18.9 Å². The van der Waals surface area contributed by atoms with E-state index in [1.807, 2.05) is 0 Å². The zero-order valence-electron chi connectivity index (χ0n) is 10.1. The topological polar surface area (TPSA) is 55.1 Å². The molecule has 3 nitrogen and oxygen atoms in total. The molecule has 0 radical (unpaired) electrons. The Bertz CT molecular complexity index is 443. The van der Waals surface area contributed by atoms with Gasteiger partial charge in [-0.2, -0.15) is 13.2 Å². The summed E-state index contributed by atoms with van der Waals surface area (Å²) < 4.78 is 37.6. The minimum absolute atomic E-state index is 0.138. The smallest absolute Gasteiger partial charge is 0.324 e. The number of hydrogen-bond donors (Lipinski definition) is 2. The summed E-state index contributed by atoms with van der Waals surface area (Å²) >= 11 is 0. The number of aryl methyl sites for hydroxylation is 1. The molecule has 0 fully saturated rings. The fourth-order valence-corrected chi connectivity index (χ4v) is 1.34. The van der Waals surface area contributed by atoms with Gasteiger partial charge >= 0.3 is 6.18 Å². The lowest BCUT2D eigenvalue weighted by molar-refractivity contribution is -0.137. The maximum Gasteiger partial charge on any atom is 0.416 e. The fraction of sp³-hybridized carbons (Fsp3) is 0.417. The fourth-order valence-electron chi connectivity index (χ4n) is 1.34. The number of anilines is 1. The third kappa shape index (κ3) is 3.46. The van der Waals surface area contributed by atoms with Gasteiger partial charge in [-0.3, -0.25) is 4.79 Å². The highest BCUT2D eigenvalue weighted by molar-refractivity contribution is 5.95. The molecule has 0 saturated heterocycles. The average molecular weight is 260 g/mol.